The molecule has 0 unspecified atom stereocenters. The number of nitrogens with zero attached hydrogens (tertiary/aromatic N) is 1. The van der Waals surface area contributed by atoms with Gasteiger partial charge in [-0.3, -0.25) is 9.69 Å². The van der Waals surface area contributed by atoms with Crippen LogP contribution in [0.4, 0.5) is 0 Å². The van der Waals surface area contributed by atoms with Crippen molar-refractivity contribution < 1.29 is 14.3 Å². The van der Waals surface area contributed by atoms with Gasteiger partial charge in [0.15, 0.2) is 0 Å². The summed E-state index contributed by atoms with van der Waals surface area (Å²) < 4.78 is 10.6. The number of aromatic amines is 1. The second-order valence-corrected chi connectivity index (χ2v) is 7.83. The van der Waals surface area contributed by atoms with Crippen LogP contribution in [0.2, 0.25) is 0 Å². The van der Waals surface area contributed by atoms with E-state index in [-0.39, 0.29) is 5.91 Å². The van der Waals surface area contributed by atoms with Gasteiger partial charge in [-0.15, -0.1) is 0 Å². The quantitative estimate of drug-likeness (QED) is 0.627. The predicted molar refractivity (Wildman–Crippen MR) is 118 cm³/mol. The number of benzene rings is 2. The number of likely N-dealkylation sites (tertiary alicyclic amines) is 1. The predicted octanol–water partition coefficient (Wildman–Crippen LogP) is 3.68. The minimum Gasteiger partial charge on any atom is -0.497 e. The number of methoxy groups -OCH3 is 2. The van der Waals surface area contributed by atoms with Gasteiger partial charge in [-0.25, -0.2) is 0 Å². The van der Waals surface area contributed by atoms with Gasteiger partial charge < -0.3 is 19.8 Å². The molecule has 1 aliphatic rings. The van der Waals surface area contributed by atoms with E-state index >= 15 is 0 Å². The number of hydrogen-bond donors (Lipinski definition) is 2. The molecule has 0 atom stereocenters. The fourth-order valence-corrected chi connectivity index (χ4v) is 4.19. The van der Waals surface area contributed by atoms with Gasteiger partial charge in [0, 0.05) is 23.6 Å². The normalized spacial score (nSPS) is 15.3. The number of nitrogens with one attached hydrogen (secondary N) is 2. The van der Waals surface area contributed by atoms with Gasteiger partial charge in [-0.2, -0.15) is 0 Å². The molecule has 4 rings (SSSR count). The maximum absolute atomic E-state index is 12.4. The van der Waals surface area contributed by atoms with Crippen LogP contribution in [-0.2, 0) is 11.3 Å². The van der Waals surface area contributed by atoms with E-state index in [0.717, 1.165) is 48.5 Å². The molecular formula is C24H29N3O3. The molecule has 2 N–H and O–H groups in total. The molecule has 1 saturated heterocycles. The van der Waals surface area contributed by atoms with Gasteiger partial charge >= 0.3 is 0 Å². The maximum atomic E-state index is 12.4. The highest BCUT2D eigenvalue weighted by molar-refractivity contribution is 5.85. The van der Waals surface area contributed by atoms with E-state index in [1.807, 2.05) is 30.3 Å². The number of aromatic nitrogens is 1. The number of fused-ring (bicyclic) bond motifs is 1. The van der Waals surface area contributed by atoms with Crippen molar-refractivity contribution in [1.29, 1.82) is 0 Å². The summed E-state index contributed by atoms with van der Waals surface area (Å²) in [6.45, 7) is 2.84. The van der Waals surface area contributed by atoms with E-state index in [1.54, 1.807) is 14.2 Å². The number of hydrogen-bond acceptors (Lipinski definition) is 4. The molecule has 0 bridgehead atoms. The van der Waals surface area contributed by atoms with Crippen molar-refractivity contribution in [2.75, 3.05) is 33.9 Å². The first kappa shape index (κ1) is 20.3. The van der Waals surface area contributed by atoms with Gasteiger partial charge in [-0.05, 0) is 73.3 Å². The monoisotopic (exact) mass is 407 g/mol. The second-order valence-electron chi connectivity index (χ2n) is 7.83. The zero-order valence-corrected chi connectivity index (χ0v) is 17.6. The average Bonchev–Trinajstić information content (AvgIpc) is 3.21. The third kappa shape index (κ3) is 4.60. The molecule has 0 saturated carbocycles. The second kappa shape index (κ2) is 9.22. The van der Waals surface area contributed by atoms with Crippen LogP contribution < -0.4 is 14.8 Å². The van der Waals surface area contributed by atoms with Crippen molar-refractivity contribution >= 4 is 16.8 Å². The molecule has 6 heteroatoms. The number of carbonyl (C=O) groups is 1. The summed E-state index contributed by atoms with van der Waals surface area (Å²) in [6, 6.07) is 13.9. The van der Waals surface area contributed by atoms with Crippen molar-refractivity contribution in [2.24, 2.45) is 0 Å². The van der Waals surface area contributed by atoms with Crippen LogP contribution in [-0.4, -0.2) is 49.6 Å². The number of rotatable bonds is 7. The highest BCUT2D eigenvalue weighted by Crippen LogP contribution is 2.34. The first-order valence-electron chi connectivity index (χ1n) is 10.4. The van der Waals surface area contributed by atoms with Gasteiger partial charge in [-0.1, -0.05) is 12.1 Å². The van der Waals surface area contributed by atoms with Gasteiger partial charge in [0.25, 0.3) is 0 Å². The lowest BCUT2D eigenvalue weighted by molar-refractivity contribution is -0.122. The smallest absolute Gasteiger partial charge is 0.234 e. The zero-order valence-electron chi connectivity index (χ0n) is 17.6. The molecule has 158 valence electrons. The van der Waals surface area contributed by atoms with Gasteiger partial charge in [0.05, 0.1) is 20.8 Å². The van der Waals surface area contributed by atoms with Crippen LogP contribution in [0.1, 0.15) is 29.9 Å². The summed E-state index contributed by atoms with van der Waals surface area (Å²) in [5.41, 5.74) is 3.57. The van der Waals surface area contributed by atoms with E-state index < -0.39 is 0 Å². The average molecular weight is 408 g/mol. The Balaban J connectivity index is 1.27. The molecule has 1 fully saturated rings. The van der Waals surface area contributed by atoms with Crippen LogP contribution in [0.5, 0.6) is 11.5 Å². The van der Waals surface area contributed by atoms with Crippen molar-refractivity contribution in [3.8, 4) is 11.5 Å². The summed E-state index contributed by atoms with van der Waals surface area (Å²) >= 11 is 0. The molecule has 0 spiro atoms. The zero-order chi connectivity index (χ0) is 20.9. The van der Waals surface area contributed by atoms with Crippen LogP contribution in [0.15, 0.2) is 48.7 Å². The Bertz CT molecular complexity index is 989. The van der Waals surface area contributed by atoms with Gasteiger partial charge in [0.2, 0.25) is 5.91 Å². The Kier molecular flexibility index (Phi) is 6.23. The Labute approximate surface area is 177 Å². The first-order valence-corrected chi connectivity index (χ1v) is 10.4. The van der Waals surface area contributed by atoms with Crippen LogP contribution in [0, 0.1) is 0 Å². The maximum Gasteiger partial charge on any atom is 0.234 e. The Morgan fingerprint density at radius 2 is 1.77 bits per heavy atom. The lowest BCUT2D eigenvalue weighted by Gasteiger charge is -2.31. The number of piperidine rings is 1. The number of carbonyl (C=O) groups excluding carboxylic acids is 1. The number of amides is 1. The van der Waals surface area contributed by atoms with Crippen LogP contribution >= 0.6 is 0 Å². The van der Waals surface area contributed by atoms with Crippen LogP contribution in [0.25, 0.3) is 10.9 Å². The lowest BCUT2D eigenvalue weighted by atomic mass is 9.89. The molecule has 2 heterocycles. The summed E-state index contributed by atoms with van der Waals surface area (Å²) in [5, 5.41) is 4.26. The Morgan fingerprint density at radius 3 is 2.47 bits per heavy atom. The topological polar surface area (TPSA) is 66.6 Å². The standard InChI is InChI=1S/C24H29N3O3/c1-29-19-5-3-17(4-6-19)14-26-24(28)16-27-11-9-18(10-12-27)22-15-25-23-8-7-20(30-2)13-21(22)23/h3-8,13,15,18,25H,9-12,14,16H2,1-2H3,(H,26,28). The third-order valence-corrected chi connectivity index (χ3v) is 5.96. The lowest BCUT2D eigenvalue weighted by Crippen LogP contribution is -2.41. The van der Waals surface area contributed by atoms with E-state index in [0.29, 0.717) is 19.0 Å². The van der Waals surface area contributed by atoms with Gasteiger partial charge in [0.1, 0.15) is 11.5 Å². The molecule has 2 aromatic carbocycles. The molecule has 1 aliphatic heterocycles. The molecule has 0 aliphatic carbocycles. The SMILES string of the molecule is COc1ccc(CNC(=O)CN2CCC(c3c[nH]c4ccc(OC)cc34)CC2)cc1. The molecule has 0 radical (unpaired) electrons. The van der Waals surface area contributed by atoms with E-state index in [9.17, 15) is 4.79 Å². The molecule has 3 aromatic rings. The fourth-order valence-electron chi connectivity index (χ4n) is 4.19. The highest BCUT2D eigenvalue weighted by Gasteiger charge is 2.24. The summed E-state index contributed by atoms with van der Waals surface area (Å²) in [4.78, 5) is 18.0. The third-order valence-electron chi connectivity index (χ3n) is 5.96. The van der Waals surface area contributed by atoms with Crippen molar-refractivity contribution in [3.05, 3.63) is 59.8 Å². The molecule has 6 nitrogen and oxygen atoms in total. The summed E-state index contributed by atoms with van der Waals surface area (Å²) in [7, 11) is 3.35. The summed E-state index contributed by atoms with van der Waals surface area (Å²) in [5.74, 6) is 2.28. The minimum absolute atomic E-state index is 0.0705. The molecule has 1 aromatic heterocycles. The Morgan fingerprint density at radius 1 is 1.07 bits per heavy atom. The molecular weight excluding hydrogens is 378 g/mol. The number of ether oxygens (including phenoxy) is 2. The fraction of sp³-hybridized carbons (Fsp3) is 0.375. The first-order chi connectivity index (χ1) is 14.7. The molecule has 1 amide bonds. The summed E-state index contributed by atoms with van der Waals surface area (Å²) in [6.07, 6.45) is 4.23. The van der Waals surface area contributed by atoms with Crippen molar-refractivity contribution in [3.63, 3.8) is 0 Å². The van der Waals surface area contributed by atoms with E-state index in [1.165, 1.54) is 10.9 Å². The highest BCUT2D eigenvalue weighted by atomic mass is 16.5. The Hall–Kier alpha value is -2.99. The largest absolute Gasteiger partial charge is 0.497 e. The van der Waals surface area contributed by atoms with Crippen molar-refractivity contribution in [2.45, 2.75) is 25.3 Å². The minimum atomic E-state index is 0.0705. The van der Waals surface area contributed by atoms with E-state index in [4.69, 9.17) is 9.47 Å². The number of H-pyrrole nitrogens is 1. The molecule has 30 heavy (non-hydrogen) atoms. The van der Waals surface area contributed by atoms with E-state index in [2.05, 4.69) is 33.5 Å². The van der Waals surface area contributed by atoms with Crippen LogP contribution in [0.3, 0.4) is 0 Å². The van der Waals surface area contributed by atoms with Crippen molar-refractivity contribution in [1.82, 2.24) is 15.2 Å².